The Morgan fingerprint density at radius 3 is 2.82 bits per heavy atom. The van der Waals surface area contributed by atoms with Crippen molar-refractivity contribution in [3.05, 3.63) is 48.7 Å². The summed E-state index contributed by atoms with van der Waals surface area (Å²) in [5.74, 6) is 0. The molecule has 94 valence electrons. The van der Waals surface area contributed by atoms with Crippen LogP contribution in [0.5, 0.6) is 0 Å². The molecule has 0 saturated carbocycles. The van der Waals surface area contributed by atoms with Crippen molar-refractivity contribution < 1.29 is 4.74 Å². The number of hydrogen-bond acceptors (Lipinski definition) is 2. The SMILES string of the molecule is C=COCCCNC(C)CCc1ccccc1. The first-order chi connectivity index (χ1) is 8.33. The summed E-state index contributed by atoms with van der Waals surface area (Å²) in [5, 5.41) is 3.50. The molecule has 2 heteroatoms. The van der Waals surface area contributed by atoms with Gasteiger partial charge in [-0.05, 0) is 38.3 Å². The van der Waals surface area contributed by atoms with Gasteiger partial charge in [0.05, 0.1) is 12.9 Å². The average Bonchev–Trinajstić information content (AvgIpc) is 2.37. The summed E-state index contributed by atoms with van der Waals surface area (Å²) >= 11 is 0. The molecule has 0 aliphatic heterocycles. The lowest BCUT2D eigenvalue weighted by atomic mass is 10.1. The zero-order chi connectivity index (χ0) is 12.3. The highest BCUT2D eigenvalue weighted by Crippen LogP contribution is 2.04. The molecule has 1 N–H and O–H groups in total. The monoisotopic (exact) mass is 233 g/mol. The van der Waals surface area contributed by atoms with Crippen molar-refractivity contribution >= 4 is 0 Å². The number of hydrogen-bond donors (Lipinski definition) is 1. The van der Waals surface area contributed by atoms with Gasteiger partial charge in [-0.2, -0.15) is 0 Å². The van der Waals surface area contributed by atoms with Crippen LogP contribution in [-0.2, 0) is 11.2 Å². The first-order valence-corrected chi connectivity index (χ1v) is 6.32. The molecule has 1 aromatic rings. The Kier molecular flexibility index (Phi) is 7.15. The van der Waals surface area contributed by atoms with E-state index in [4.69, 9.17) is 4.74 Å². The van der Waals surface area contributed by atoms with Gasteiger partial charge in [0.15, 0.2) is 0 Å². The molecule has 1 rings (SSSR count). The van der Waals surface area contributed by atoms with E-state index in [1.54, 1.807) is 0 Å². The van der Waals surface area contributed by atoms with Crippen molar-refractivity contribution in [2.24, 2.45) is 0 Å². The van der Waals surface area contributed by atoms with Gasteiger partial charge in [0.1, 0.15) is 0 Å². The molecule has 1 atom stereocenters. The molecule has 1 aromatic carbocycles. The van der Waals surface area contributed by atoms with Gasteiger partial charge in [-0.15, -0.1) is 0 Å². The lowest BCUT2D eigenvalue weighted by molar-refractivity contribution is 0.243. The number of aryl methyl sites for hydroxylation is 1. The summed E-state index contributed by atoms with van der Waals surface area (Å²) in [6.45, 7) is 7.50. The fourth-order valence-electron chi connectivity index (χ4n) is 1.72. The van der Waals surface area contributed by atoms with E-state index in [9.17, 15) is 0 Å². The quantitative estimate of drug-likeness (QED) is 0.522. The highest BCUT2D eigenvalue weighted by molar-refractivity contribution is 5.14. The van der Waals surface area contributed by atoms with Crippen LogP contribution in [0, 0.1) is 0 Å². The van der Waals surface area contributed by atoms with Crippen LogP contribution in [0.3, 0.4) is 0 Å². The first-order valence-electron chi connectivity index (χ1n) is 6.32. The maximum Gasteiger partial charge on any atom is 0.0885 e. The third kappa shape index (κ3) is 6.80. The second-order valence-electron chi connectivity index (χ2n) is 4.27. The number of rotatable bonds is 9. The Labute approximate surface area is 105 Å². The van der Waals surface area contributed by atoms with Gasteiger partial charge in [-0.1, -0.05) is 36.9 Å². The first kappa shape index (κ1) is 13.8. The Hall–Kier alpha value is -1.28. The van der Waals surface area contributed by atoms with Crippen LogP contribution in [0.15, 0.2) is 43.2 Å². The van der Waals surface area contributed by atoms with E-state index in [1.165, 1.54) is 18.2 Å². The van der Waals surface area contributed by atoms with E-state index < -0.39 is 0 Å². The predicted octanol–water partition coefficient (Wildman–Crippen LogP) is 3.15. The summed E-state index contributed by atoms with van der Waals surface area (Å²) < 4.78 is 5.07. The molecule has 2 nitrogen and oxygen atoms in total. The molecule has 0 radical (unpaired) electrons. The lowest BCUT2D eigenvalue weighted by Gasteiger charge is -2.13. The summed E-state index contributed by atoms with van der Waals surface area (Å²) in [6.07, 6.45) is 4.84. The zero-order valence-electron chi connectivity index (χ0n) is 10.7. The van der Waals surface area contributed by atoms with Crippen LogP contribution >= 0.6 is 0 Å². The summed E-state index contributed by atoms with van der Waals surface area (Å²) in [4.78, 5) is 0. The van der Waals surface area contributed by atoms with Crippen LogP contribution in [0.1, 0.15) is 25.3 Å². The number of ether oxygens (including phenoxy) is 1. The van der Waals surface area contributed by atoms with Gasteiger partial charge in [0.2, 0.25) is 0 Å². The van der Waals surface area contributed by atoms with E-state index in [0.717, 1.165) is 26.0 Å². The molecule has 0 bridgehead atoms. The molecule has 0 aliphatic rings. The maximum absolute atomic E-state index is 5.07. The molecule has 0 amide bonds. The van der Waals surface area contributed by atoms with Gasteiger partial charge in [0.25, 0.3) is 0 Å². The molecule has 1 unspecified atom stereocenters. The largest absolute Gasteiger partial charge is 0.502 e. The molecule has 0 aromatic heterocycles. The summed E-state index contributed by atoms with van der Waals surface area (Å²) in [7, 11) is 0. The van der Waals surface area contributed by atoms with E-state index in [2.05, 4.69) is 49.2 Å². The van der Waals surface area contributed by atoms with Crippen LogP contribution in [-0.4, -0.2) is 19.2 Å². The minimum atomic E-state index is 0.555. The van der Waals surface area contributed by atoms with Gasteiger partial charge >= 0.3 is 0 Å². The van der Waals surface area contributed by atoms with E-state index >= 15 is 0 Å². The third-order valence-electron chi connectivity index (χ3n) is 2.76. The molecule has 0 spiro atoms. The Morgan fingerprint density at radius 1 is 1.35 bits per heavy atom. The normalized spacial score (nSPS) is 12.1. The standard InChI is InChI=1S/C15H23NO/c1-3-17-13-7-12-16-14(2)10-11-15-8-5-4-6-9-15/h3-6,8-9,14,16H,1,7,10-13H2,2H3. The topological polar surface area (TPSA) is 21.3 Å². The Balaban J connectivity index is 2.05. The van der Waals surface area contributed by atoms with Gasteiger partial charge in [0, 0.05) is 6.04 Å². The van der Waals surface area contributed by atoms with E-state index in [1.807, 2.05) is 0 Å². The van der Waals surface area contributed by atoms with E-state index in [0.29, 0.717) is 6.04 Å². The van der Waals surface area contributed by atoms with Crippen molar-refractivity contribution in [1.29, 1.82) is 0 Å². The Bertz CT molecular complexity index is 297. The van der Waals surface area contributed by atoms with Crippen LogP contribution in [0.2, 0.25) is 0 Å². The lowest BCUT2D eigenvalue weighted by Crippen LogP contribution is -2.28. The second-order valence-corrected chi connectivity index (χ2v) is 4.27. The fourth-order valence-corrected chi connectivity index (χ4v) is 1.72. The van der Waals surface area contributed by atoms with Crippen LogP contribution in [0.25, 0.3) is 0 Å². The average molecular weight is 233 g/mol. The molecule has 17 heavy (non-hydrogen) atoms. The molecule has 0 heterocycles. The zero-order valence-corrected chi connectivity index (χ0v) is 10.7. The summed E-state index contributed by atoms with van der Waals surface area (Å²) in [5.41, 5.74) is 1.41. The number of nitrogens with one attached hydrogen (secondary N) is 1. The number of benzene rings is 1. The molecule has 0 aliphatic carbocycles. The molecule has 0 fully saturated rings. The Morgan fingerprint density at radius 2 is 2.12 bits per heavy atom. The van der Waals surface area contributed by atoms with Crippen molar-refractivity contribution in [3.8, 4) is 0 Å². The second kappa shape index (κ2) is 8.82. The van der Waals surface area contributed by atoms with Gasteiger partial charge in [-0.3, -0.25) is 0 Å². The molecular weight excluding hydrogens is 210 g/mol. The third-order valence-corrected chi connectivity index (χ3v) is 2.76. The molecular formula is C15H23NO. The highest BCUT2D eigenvalue weighted by atomic mass is 16.5. The minimum Gasteiger partial charge on any atom is -0.502 e. The summed E-state index contributed by atoms with van der Waals surface area (Å²) in [6, 6.07) is 11.2. The fraction of sp³-hybridized carbons (Fsp3) is 0.467. The predicted molar refractivity (Wildman–Crippen MR) is 73.0 cm³/mol. The van der Waals surface area contributed by atoms with E-state index in [-0.39, 0.29) is 0 Å². The molecule has 0 saturated heterocycles. The van der Waals surface area contributed by atoms with Crippen molar-refractivity contribution in [2.45, 2.75) is 32.2 Å². The van der Waals surface area contributed by atoms with Crippen molar-refractivity contribution in [1.82, 2.24) is 5.32 Å². The van der Waals surface area contributed by atoms with Gasteiger partial charge in [-0.25, -0.2) is 0 Å². The van der Waals surface area contributed by atoms with Crippen LogP contribution < -0.4 is 5.32 Å². The van der Waals surface area contributed by atoms with Crippen molar-refractivity contribution in [2.75, 3.05) is 13.2 Å². The van der Waals surface area contributed by atoms with Crippen LogP contribution in [0.4, 0.5) is 0 Å². The maximum atomic E-state index is 5.07. The van der Waals surface area contributed by atoms with Crippen molar-refractivity contribution in [3.63, 3.8) is 0 Å². The minimum absolute atomic E-state index is 0.555. The smallest absolute Gasteiger partial charge is 0.0885 e. The van der Waals surface area contributed by atoms with Gasteiger partial charge < -0.3 is 10.1 Å². The highest BCUT2D eigenvalue weighted by Gasteiger charge is 2.01.